The van der Waals surface area contributed by atoms with Crippen molar-refractivity contribution in [1.29, 1.82) is 0 Å². The van der Waals surface area contributed by atoms with Crippen molar-refractivity contribution in [2.45, 2.75) is 20.0 Å². The molecule has 0 saturated carbocycles. The summed E-state index contributed by atoms with van der Waals surface area (Å²) < 4.78 is 11.5. The molecule has 2 aromatic rings. The van der Waals surface area contributed by atoms with Crippen molar-refractivity contribution >= 4 is 0 Å². The van der Waals surface area contributed by atoms with E-state index in [0.29, 0.717) is 13.2 Å². The molecule has 3 heteroatoms. The SMILES string of the molecule is CCOc1ccccc1OCc1ccccc1CCNC. The quantitative estimate of drug-likeness (QED) is 0.806. The Morgan fingerprint density at radius 3 is 2.14 bits per heavy atom. The molecule has 3 nitrogen and oxygen atoms in total. The maximum atomic E-state index is 5.95. The van der Waals surface area contributed by atoms with E-state index in [2.05, 4.69) is 29.6 Å². The molecular weight excluding hydrogens is 262 g/mol. The monoisotopic (exact) mass is 285 g/mol. The fraction of sp³-hybridized carbons (Fsp3) is 0.333. The second kappa shape index (κ2) is 8.32. The summed E-state index contributed by atoms with van der Waals surface area (Å²) in [6.45, 7) is 4.14. The number of nitrogens with one attached hydrogen (secondary N) is 1. The number of benzene rings is 2. The molecule has 0 aromatic heterocycles. The first-order valence-corrected chi connectivity index (χ1v) is 7.41. The molecule has 0 spiro atoms. The van der Waals surface area contributed by atoms with Crippen molar-refractivity contribution in [3.05, 3.63) is 59.7 Å². The van der Waals surface area contributed by atoms with Crippen LogP contribution in [0.1, 0.15) is 18.1 Å². The standard InChI is InChI=1S/C18H23NO2/c1-3-20-17-10-6-7-11-18(17)21-14-16-9-5-4-8-15(16)12-13-19-2/h4-11,19H,3,12-14H2,1-2H3. The van der Waals surface area contributed by atoms with Gasteiger partial charge in [0.1, 0.15) is 6.61 Å². The lowest BCUT2D eigenvalue weighted by Gasteiger charge is -2.14. The Morgan fingerprint density at radius 2 is 1.48 bits per heavy atom. The van der Waals surface area contributed by atoms with E-state index in [1.807, 2.05) is 38.2 Å². The minimum Gasteiger partial charge on any atom is -0.490 e. The highest BCUT2D eigenvalue weighted by molar-refractivity contribution is 5.40. The van der Waals surface area contributed by atoms with Gasteiger partial charge in [-0.2, -0.15) is 0 Å². The van der Waals surface area contributed by atoms with Gasteiger partial charge in [-0.15, -0.1) is 0 Å². The molecule has 21 heavy (non-hydrogen) atoms. The van der Waals surface area contributed by atoms with E-state index < -0.39 is 0 Å². The number of likely N-dealkylation sites (N-methyl/N-ethyl adjacent to an activating group) is 1. The smallest absolute Gasteiger partial charge is 0.161 e. The summed E-state index contributed by atoms with van der Waals surface area (Å²) in [5.41, 5.74) is 2.54. The van der Waals surface area contributed by atoms with Gasteiger partial charge in [0.15, 0.2) is 11.5 Å². The Morgan fingerprint density at radius 1 is 0.857 bits per heavy atom. The molecule has 0 aliphatic rings. The molecule has 0 saturated heterocycles. The second-order valence-electron chi connectivity index (χ2n) is 4.79. The molecule has 0 amide bonds. The fourth-order valence-electron chi connectivity index (χ4n) is 2.20. The Balaban J connectivity index is 2.06. The van der Waals surface area contributed by atoms with Gasteiger partial charge in [0.2, 0.25) is 0 Å². The Bertz CT molecular complexity index is 554. The van der Waals surface area contributed by atoms with E-state index in [9.17, 15) is 0 Å². The summed E-state index contributed by atoms with van der Waals surface area (Å²) in [6, 6.07) is 16.2. The molecule has 0 atom stereocenters. The van der Waals surface area contributed by atoms with Gasteiger partial charge in [0.25, 0.3) is 0 Å². The van der Waals surface area contributed by atoms with Gasteiger partial charge >= 0.3 is 0 Å². The maximum Gasteiger partial charge on any atom is 0.161 e. The van der Waals surface area contributed by atoms with Gasteiger partial charge in [0.05, 0.1) is 6.61 Å². The first-order chi connectivity index (χ1) is 10.3. The molecule has 0 unspecified atom stereocenters. The van der Waals surface area contributed by atoms with Crippen molar-refractivity contribution in [1.82, 2.24) is 5.32 Å². The van der Waals surface area contributed by atoms with Crippen LogP contribution in [0, 0.1) is 0 Å². The van der Waals surface area contributed by atoms with E-state index in [-0.39, 0.29) is 0 Å². The summed E-state index contributed by atoms with van der Waals surface area (Å²) >= 11 is 0. The van der Waals surface area contributed by atoms with Gasteiger partial charge in [-0.05, 0) is 50.2 Å². The molecule has 0 aliphatic heterocycles. The van der Waals surface area contributed by atoms with E-state index in [1.165, 1.54) is 11.1 Å². The lowest BCUT2D eigenvalue weighted by atomic mass is 10.1. The molecule has 0 aliphatic carbocycles. The van der Waals surface area contributed by atoms with Crippen LogP contribution in [-0.2, 0) is 13.0 Å². The normalized spacial score (nSPS) is 10.4. The van der Waals surface area contributed by atoms with Gasteiger partial charge < -0.3 is 14.8 Å². The van der Waals surface area contributed by atoms with Crippen molar-refractivity contribution < 1.29 is 9.47 Å². The van der Waals surface area contributed by atoms with Crippen LogP contribution in [0.15, 0.2) is 48.5 Å². The minimum atomic E-state index is 0.559. The van der Waals surface area contributed by atoms with E-state index in [0.717, 1.165) is 24.5 Å². The fourth-order valence-corrected chi connectivity index (χ4v) is 2.20. The minimum absolute atomic E-state index is 0.559. The number of hydrogen-bond donors (Lipinski definition) is 1. The van der Waals surface area contributed by atoms with Crippen LogP contribution in [0.5, 0.6) is 11.5 Å². The molecule has 0 heterocycles. The first kappa shape index (κ1) is 15.4. The summed E-state index contributed by atoms with van der Waals surface area (Å²) in [7, 11) is 1.97. The molecule has 0 bridgehead atoms. The lowest BCUT2D eigenvalue weighted by molar-refractivity contribution is 0.268. The van der Waals surface area contributed by atoms with Crippen LogP contribution < -0.4 is 14.8 Å². The van der Waals surface area contributed by atoms with Gasteiger partial charge in [-0.3, -0.25) is 0 Å². The lowest BCUT2D eigenvalue weighted by Crippen LogP contribution is -2.12. The van der Waals surface area contributed by atoms with Crippen LogP contribution in [-0.4, -0.2) is 20.2 Å². The van der Waals surface area contributed by atoms with Gasteiger partial charge in [-0.1, -0.05) is 36.4 Å². The van der Waals surface area contributed by atoms with Crippen LogP contribution in [0.3, 0.4) is 0 Å². The third kappa shape index (κ3) is 4.50. The van der Waals surface area contributed by atoms with Crippen molar-refractivity contribution in [2.24, 2.45) is 0 Å². The molecule has 1 N–H and O–H groups in total. The van der Waals surface area contributed by atoms with Crippen LogP contribution >= 0.6 is 0 Å². The Labute approximate surface area is 126 Å². The van der Waals surface area contributed by atoms with Crippen LogP contribution in [0.25, 0.3) is 0 Å². The molecule has 0 radical (unpaired) electrons. The number of para-hydroxylation sites is 2. The third-order valence-electron chi connectivity index (χ3n) is 3.29. The predicted molar refractivity (Wildman–Crippen MR) is 86.0 cm³/mol. The van der Waals surface area contributed by atoms with Crippen molar-refractivity contribution in [3.8, 4) is 11.5 Å². The number of rotatable bonds is 8. The van der Waals surface area contributed by atoms with Gasteiger partial charge in [-0.25, -0.2) is 0 Å². The van der Waals surface area contributed by atoms with Crippen LogP contribution in [0.4, 0.5) is 0 Å². The third-order valence-corrected chi connectivity index (χ3v) is 3.29. The van der Waals surface area contributed by atoms with E-state index in [1.54, 1.807) is 0 Å². The molecule has 0 fully saturated rings. The van der Waals surface area contributed by atoms with Crippen LogP contribution in [0.2, 0.25) is 0 Å². The summed E-state index contributed by atoms with van der Waals surface area (Å²) in [6.07, 6.45) is 1.00. The second-order valence-corrected chi connectivity index (χ2v) is 4.79. The highest BCUT2D eigenvalue weighted by Gasteiger charge is 2.06. The summed E-state index contributed by atoms with van der Waals surface area (Å²) in [5, 5.41) is 3.18. The Hall–Kier alpha value is -2.00. The first-order valence-electron chi connectivity index (χ1n) is 7.41. The zero-order valence-corrected chi connectivity index (χ0v) is 12.8. The van der Waals surface area contributed by atoms with Crippen molar-refractivity contribution in [3.63, 3.8) is 0 Å². The Kier molecular flexibility index (Phi) is 6.10. The highest BCUT2D eigenvalue weighted by atomic mass is 16.5. The van der Waals surface area contributed by atoms with E-state index in [4.69, 9.17) is 9.47 Å². The molecule has 2 aromatic carbocycles. The van der Waals surface area contributed by atoms with E-state index >= 15 is 0 Å². The molecule has 112 valence electrons. The predicted octanol–water partition coefficient (Wildman–Crippen LogP) is 3.43. The zero-order chi connectivity index (χ0) is 14.9. The molecular formula is C18H23NO2. The number of ether oxygens (including phenoxy) is 2. The average Bonchev–Trinajstić information content (AvgIpc) is 2.53. The summed E-state index contributed by atoms with van der Waals surface area (Å²) in [5.74, 6) is 1.59. The average molecular weight is 285 g/mol. The largest absolute Gasteiger partial charge is 0.490 e. The van der Waals surface area contributed by atoms with Gasteiger partial charge in [0, 0.05) is 0 Å². The summed E-state index contributed by atoms with van der Waals surface area (Å²) in [4.78, 5) is 0. The number of hydrogen-bond acceptors (Lipinski definition) is 3. The highest BCUT2D eigenvalue weighted by Crippen LogP contribution is 2.27. The van der Waals surface area contributed by atoms with Crippen molar-refractivity contribution in [2.75, 3.05) is 20.2 Å². The maximum absolute atomic E-state index is 5.95. The topological polar surface area (TPSA) is 30.5 Å². The molecule has 2 rings (SSSR count). The zero-order valence-electron chi connectivity index (χ0n) is 12.8.